The van der Waals surface area contributed by atoms with Crippen molar-refractivity contribution >= 4 is 23.4 Å². The van der Waals surface area contributed by atoms with Gasteiger partial charge in [0.1, 0.15) is 11.9 Å². The van der Waals surface area contributed by atoms with E-state index in [0.29, 0.717) is 23.8 Å². The second kappa shape index (κ2) is 6.87. The molecule has 25 heavy (non-hydrogen) atoms. The molecule has 1 aromatic carbocycles. The van der Waals surface area contributed by atoms with Crippen molar-refractivity contribution in [2.24, 2.45) is 5.16 Å². The number of nitrogens with zero attached hydrogens (tertiary/aromatic N) is 4. The topological polar surface area (TPSA) is 78.6 Å². The van der Waals surface area contributed by atoms with Crippen LogP contribution in [0.15, 0.2) is 40.6 Å². The summed E-state index contributed by atoms with van der Waals surface area (Å²) in [5, 5.41) is 9.17. The van der Waals surface area contributed by atoms with Gasteiger partial charge in [-0.2, -0.15) is 0 Å². The van der Waals surface area contributed by atoms with Gasteiger partial charge in [-0.15, -0.1) is 5.10 Å². The number of hydrogen-bond donors (Lipinski definition) is 0. The second-order valence-corrected chi connectivity index (χ2v) is 7.03. The van der Waals surface area contributed by atoms with Crippen molar-refractivity contribution in [3.8, 4) is 5.69 Å². The predicted molar refractivity (Wildman–Crippen MR) is 93.0 cm³/mol. The lowest BCUT2D eigenvalue weighted by atomic mass is 10.2. The standard InChI is InChI=1S/C17H18N4O3S/c1-23-16(22)14-9-13(24-20-14)10-25-17-18-15(11-7-8-11)21(19-17)12-5-3-2-4-6-12/h2-6,11,13H,7-10H2,1H3. The molecule has 0 N–H and O–H groups in total. The molecule has 1 atom stereocenters. The molecule has 0 radical (unpaired) electrons. The molecule has 4 rings (SSSR count). The quantitative estimate of drug-likeness (QED) is 0.583. The highest BCUT2D eigenvalue weighted by atomic mass is 32.2. The molecule has 1 unspecified atom stereocenters. The average molecular weight is 358 g/mol. The highest BCUT2D eigenvalue weighted by molar-refractivity contribution is 7.99. The predicted octanol–water partition coefficient (Wildman–Crippen LogP) is 2.55. The molecule has 0 amide bonds. The summed E-state index contributed by atoms with van der Waals surface area (Å²) in [6, 6.07) is 10.1. The number of rotatable bonds is 6. The van der Waals surface area contributed by atoms with Gasteiger partial charge in [0.25, 0.3) is 0 Å². The van der Waals surface area contributed by atoms with Crippen LogP contribution < -0.4 is 0 Å². The zero-order valence-corrected chi connectivity index (χ0v) is 14.6. The summed E-state index contributed by atoms with van der Waals surface area (Å²) in [6.45, 7) is 0. The molecule has 1 fully saturated rings. The fourth-order valence-corrected chi connectivity index (χ4v) is 3.47. The van der Waals surface area contributed by atoms with Gasteiger partial charge in [-0.25, -0.2) is 14.5 Å². The van der Waals surface area contributed by atoms with Gasteiger partial charge in [-0.05, 0) is 25.0 Å². The van der Waals surface area contributed by atoms with E-state index in [2.05, 4.69) is 15.0 Å². The molecule has 0 spiro atoms. The first kappa shape index (κ1) is 16.1. The number of carbonyl (C=O) groups is 1. The molecule has 7 nitrogen and oxygen atoms in total. The van der Waals surface area contributed by atoms with Crippen molar-refractivity contribution < 1.29 is 14.4 Å². The molecular formula is C17H18N4O3S. The number of oxime groups is 1. The van der Waals surface area contributed by atoms with E-state index in [4.69, 9.17) is 9.82 Å². The summed E-state index contributed by atoms with van der Waals surface area (Å²) >= 11 is 1.52. The first-order chi connectivity index (χ1) is 12.2. The summed E-state index contributed by atoms with van der Waals surface area (Å²) in [7, 11) is 1.34. The van der Waals surface area contributed by atoms with Crippen molar-refractivity contribution in [3.05, 3.63) is 36.2 Å². The minimum atomic E-state index is -0.435. The maximum absolute atomic E-state index is 11.5. The normalized spacial score (nSPS) is 19.4. The Morgan fingerprint density at radius 1 is 1.36 bits per heavy atom. The molecule has 1 aliphatic heterocycles. The van der Waals surface area contributed by atoms with Gasteiger partial charge in [0.15, 0.2) is 5.71 Å². The van der Waals surface area contributed by atoms with E-state index in [1.54, 1.807) is 0 Å². The average Bonchev–Trinajstić information content (AvgIpc) is 3.23. The fourth-order valence-electron chi connectivity index (χ4n) is 2.65. The van der Waals surface area contributed by atoms with Gasteiger partial charge in [-0.1, -0.05) is 35.1 Å². The van der Waals surface area contributed by atoms with Crippen LogP contribution in [0.5, 0.6) is 0 Å². The van der Waals surface area contributed by atoms with Gasteiger partial charge in [0.05, 0.1) is 12.8 Å². The molecule has 1 saturated carbocycles. The van der Waals surface area contributed by atoms with Crippen molar-refractivity contribution in [2.75, 3.05) is 12.9 Å². The van der Waals surface area contributed by atoms with Crippen LogP contribution in [0.2, 0.25) is 0 Å². The number of para-hydroxylation sites is 1. The minimum Gasteiger partial charge on any atom is -0.464 e. The molecule has 2 heterocycles. The lowest BCUT2D eigenvalue weighted by Gasteiger charge is -2.05. The van der Waals surface area contributed by atoms with Crippen molar-refractivity contribution in [3.63, 3.8) is 0 Å². The van der Waals surface area contributed by atoms with Crippen LogP contribution >= 0.6 is 11.8 Å². The first-order valence-corrected chi connectivity index (χ1v) is 9.19. The van der Waals surface area contributed by atoms with Crippen LogP contribution in [0.3, 0.4) is 0 Å². The van der Waals surface area contributed by atoms with Crippen molar-refractivity contribution in [1.82, 2.24) is 14.8 Å². The van der Waals surface area contributed by atoms with Gasteiger partial charge >= 0.3 is 5.97 Å². The maximum Gasteiger partial charge on any atom is 0.355 e. The number of thioether (sulfide) groups is 1. The third-order valence-corrected chi connectivity index (χ3v) is 5.08. The molecule has 2 aromatic rings. The monoisotopic (exact) mass is 358 g/mol. The van der Waals surface area contributed by atoms with E-state index in [9.17, 15) is 4.79 Å². The number of methoxy groups -OCH3 is 1. The third-order valence-electron chi connectivity index (χ3n) is 4.11. The summed E-state index contributed by atoms with van der Waals surface area (Å²) in [6.07, 6.45) is 2.62. The number of esters is 1. The Hall–Kier alpha value is -2.35. The van der Waals surface area contributed by atoms with Gasteiger partial charge in [0, 0.05) is 18.1 Å². The molecule has 2 aliphatic rings. The lowest BCUT2D eigenvalue weighted by Crippen LogP contribution is -2.17. The van der Waals surface area contributed by atoms with Crippen molar-refractivity contribution in [1.29, 1.82) is 0 Å². The maximum atomic E-state index is 11.5. The Morgan fingerprint density at radius 2 is 2.16 bits per heavy atom. The molecular weight excluding hydrogens is 340 g/mol. The summed E-state index contributed by atoms with van der Waals surface area (Å²) < 4.78 is 6.60. The Balaban J connectivity index is 1.43. The molecule has 1 aliphatic carbocycles. The van der Waals surface area contributed by atoms with Gasteiger partial charge in [-0.3, -0.25) is 0 Å². The van der Waals surface area contributed by atoms with E-state index in [-0.39, 0.29) is 6.10 Å². The second-order valence-electron chi connectivity index (χ2n) is 6.05. The highest BCUT2D eigenvalue weighted by Gasteiger charge is 2.31. The summed E-state index contributed by atoms with van der Waals surface area (Å²) in [5.41, 5.74) is 1.35. The van der Waals surface area contributed by atoms with Crippen LogP contribution in [-0.4, -0.2) is 45.4 Å². The van der Waals surface area contributed by atoms with Crippen LogP contribution in [0, 0.1) is 0 Å². The molecule has 130 valence electrons. The molecule has 8 heteroatoms. The number of carbonyl (C=O) groups excluding carboxylic acids is 1. The zero-order chi connectivity index (χ0) is 17.2. The molecule has 1 aromatic heterocycles. The Labute approximate surface area is 149 Å². The van der Waals surface area contributed by atoms with E-state index in [0.717, 1.165) is 29.5 Å². The molecule has 0 saturated heterocycles. The van der Waals surface area contributed by atoms with Crippen LogP contribution in [0.4, 0.5) is 0 Å². The van der Waals surface area contributed by atoms with Gasteiger partial charge < -0.3 is 9.57 Å². The number of aromatic nitrogens is 3. The smallest absolute Gasteiger partial charge is 0.355 e. The molecule has 0 bridgehead atoms. The third kappa shape index (κ3) is 3.53. The van der Waals surface area contributed by atoms with E-state index in [1.807, 2.05) is 35.0 Å². The van der Waals surface area contributed by atoms with Gasteiger partial charge in [0.2, 0.25) is 5.16 Å². The number of hydrogen-bond acceptors (Lipinski definition) is 7. The number of benzene rings is 1. The Kier molecular flexibility index (Phi) is 4.44. The van der Waals surface area contributed by atoms with E-state index in [1.165, 1.54) is 18.9 Å². The lowest BCUT2D eigenvalue weighted by molar-refractivity contribution is -0.132. The number of ether oxygens (including phenoxy) is 1. The largest absolute Gasteiger partial charge is 0.464 e. The summed E-state index contributed by atoms with van der Waals surface area (Å²) in [5.74, 6) is 1.72. The van der Waals surface area contributed by atoms with Crippen molar-refractivity contribution in [2.45, 2.75) is 36.4 Å². The first-order valence-electron chi connectivity index (χ1n) is 8.21. The van der Waals surface area contributed by atoms with E-state index >= 15 is 0 Å². The highest BCUT2D eigenvalue weighted by Crippen LogP contribution is 2.40. The Bertz CT molecular complexity index is 801. The minimum absolute atomic E-state index is 0.160. The van der Waals surface area contributed by atoms with Crippen LogP contribution in [0.1, 0.15) is 31.0 Å². The zero-order valence-electron chi connectivity index (χ0n) is 13.8. The fraction of sp³-hybridized carbons (Fsp3) is 0.412. The summed E-state index contributed by atoms with van der Waals surface area (Å²) in [4.78, 5) is 21.5. The van der Waals surface area contributed by atoms with Crippen LogP contribution in [0.25, 0.3) is 5.69 Å². The Morgan fingerprint density at radius 3 is 2.88 bits per heavy atom. The SMILES string of the molecule is COC(=O)C1=NOC(CSc2nc(C3CC3)n(-c3ccccc3)n2)C1. The van der Waals surface area contributed by atoms with E-state index < -0.39 is 5.97 Å². The van der Waals surface area contributed by atoms with Crippen LogP contribution in [-0.2, 0) is 14.4 Å².